The van der Waals surface area contributed by atoms with E-state index in [4.69, 9.17) is 27.9 Å². The zero-order valence-corrected chi connectivity index (χ0v) is 9.82. The first-order valence-corrected chi connectivity index (χ1v) is 5.28. The second kappa shape index (κ2) is 4.15. The topological polar surface area (TPSA) is 90.7 Å². The molecule has 1 aliphatic carbocycles. The fraction of sp³-hybridized carbons (Fsp3) is 0.545. The van der Waals surface area contributed by atoms with Crippen LogP contribution in [0.5, 0.6) is 0 Å². The molecule has 0 spiro atoms. The van der Waals surface area contributed by atoms with Crippen LogP contribution in [-0.2, 0) is 4.79 Å². The maximum atomic E-state index is 11.4. The van der Waals surface area contributed by atoms with E-state index in [2.05, 4.69) is 0 Å². The van der Waals surface area contributed by atoms with E-state index in [1.165, 1.54) is 0 Å². The molecule has 0 unspecified atom stereocenters. The predicted octanol–water partition coefficient (Wildman–Crippen LogP) is 1.32. The van der Waals surface area contributed by atoms with E-state index in [1.54, 1.807) is 19.9 Å². The molecule has 84 valence electrons. The summed E-state index contributed by atoms with van der Waals surface area (Å²) in [5.41, 5.74) is 4.57. The van der Waals surface area contributed by atoms with Crippen LogP contribution in [0.15, 0.2) is 11.6 Å². The minimum Gasteiger partial charge on any atom is -0.369 e. The molecule has 0 aromatic rings. The summed E-state index contributed by atoms with van der Waals surface area (Å²) < 4.78 is 0. The smallest absolute Gasteiger partial charge is 0.225 e. The van der Waals surface area contributed by atoms with Crippen molar-refractivity contribution >= 4 is 17.5 Å². The molecule has 2 N–H and O–H groups in total. The Hall–Kier alpha value is -1.52. The number of nitriles is 2. The standard InChI is InChI=1S/C11H12ClN3O/c1-6-3-7(2)11(4-13,5-14)8(9(6)12)10(15)16/h3,7-9H,1-2H3,(H2,15,16)/t7-,8-,9-/m1/s1. The number of carbonyl (C=O) groups excluding carboxylic acids is 1. The molecule has 0 fully saturated rings. The molecule has 3 atom stereocenters. The first kappa shape index (κ1) is 12.5. The Balaban J connectivity index is 3.42. The summed E-state index contributed by atoms with van der Waals surface area (Å²) in [6, 6.07) is 3.82. The van der Waals surface area contributed by atoms with E-state index in [0.29, 0.717) is 0 Å². The Bertz CT molecular complexity index is 415. The summed E-state index contributed by atoms with van der Waals surface area (Å²) in [5, 5.41) is 17.6. The molecule has 4 nitrogen and oxygen atoms in total. The molecule has 1 aliphatic rings. The van der Waals surface area contributed by atoms with E-state index >= 15 is 0 Å². The van der Waals surface area contributed by atoms with Gasteiger partial charge in [0.05, 0.1) is 23.4 Å². The van der Waals surface area contributed by atoms with Gasteiger partial charge in [-0.25, -0.2) is 0 Å². The minimum atomic E-state index is -1.46. The summed E-state index contributed by atoms with van der Waals surface area (Å²) in [6.45, 7) is 3.48. The molecule has 0 saturated carbocycles. The van der Waals surface area contributed by atoms with E-state index in [1.807, 2.05) is 12.1 Å². The van der Waals surface area contributed by atoms with Gasteiger partial charge in [0.1, 0.15) is 0 Å². The van der Waals surface area contributed by atoms with Crippen molar-refractivity contribution in [3.05, 3.63) is 11.6 Å². The number of alkyl halides is 1. The van der Waals surface area contributed by atoms with Crippen LogP contribution in [0.2, 0.25) is 0 Å². The van der Waals surface area contributed by atoms with Crippen LogP contribution < -0.4 is 5.73 Å². The molecule has 0 radical (unpaired) electrons. The second-order valence-corrected chi connectivity index (χ2v) is 4.54. The number of carbonyl (C=O) groups is 1. The number of nitrogens with zero attached hydrogens (tertiary/aromatic N) is 2. The largest absolute Gasteiger partial charge is 0.369 e. The predicted molar refractivity (Wildman–Crippen MR) is 58.9 cm³/mol. The van der Waals surface area contributed by atoms with Gasteiger partial charge in [-0.15, -0.1) is 11.6 Å². The number of allylic oxidation sites excluding steroid dienone is 2. The quantitative estimate of drug-likeness (QED) is 0.551. The lowest BCUT2D eigenvalue weighted by Gasteiger charge is -2.38. The van der Waals surface area contributed by atoms with Crippen LogP contribution >= 0.6 is 11.6 Å². The highest BCUT2D eigenvalue weighted by molar-refractivity contribution is 6.24. The van der Waals surface area contributed by atoms with Gasteiger partial charge in [0.2, 0.25) is 5.91 Å². The fourth-order valence-corrected chi connectivity index (χ4v) is 2.53. The lowest BCUT2D eigenvalue weighted by atomic mass is 9.63. The van der Waals surface area contributed by atoms with Crippen molar-refractivity contribution in [2.75, 3.05) is 0 Å². The molecule has 5 heteroatoms. The summed E-state index contributed by atoms with van der Waals surface area (Å²) in [6.07, 6.45) is 1.75. The van der Waals surface area contributed by atoms with Gasteiger partial charge >= 0.3 is 0 Å². The monoisotopic (exact) mass is 237 g/mol. The lowest BCUT2D eigenvalue weighted by molar-refractivity contribution is -0.124. The highest BCUT2D eigenvalue weighted by Gasteiger charge is 2.53. The average molecular weight is 238 g/mol. The van der Waals surface area contributed by atoms with Gasteiger partial charge in [-0.3, -0.25) is 4.79 Å². The van der Waals surface area contributed by atoms with Crippen LogP contribution in [0, 0.1) is 39.9 Å². The third-order valence-corrected chi connectivity index (χ3v) is 3.72. The number of nitrogens with two attached hydrogens (primary N) is 1. The fourth-order valence-electron chi connectivity index (χ4n) is 2.13. The SMILES string of the molecule is CC1=C[C@@H](C)C(C#N)(C#N)[C@@H](C(N)=O)[C@@H]1Cl. The highest BCUT2D eigenvalue weighted by Crippen LogP contribution is 2.45. The van der Waals surface area contributed by atoms with Crippen molar-refractivity contribution in [1.29, 1.82) is 10.5 Å². The zero-order chi connectivity index (χ0) is 12.5. The van der Waals surface area contributed by atoms with Gasteiger partial charge in [0, 0.05) is 5.92 Å². The molecule has 0 aromatic carbocycles. The van der Waals surface area contributed by atoms with Gasteiger partial charge in [0.15, 0.2) is 5.41 Å². The van der Waals surface area contributed by atoms with E-state index < -0.39 is 22.6 Å². The molecule has 0 aromatic heterocycles. The maximum Gasteiger partial charge on any atom is 0.225 e. The molecule has 0 aliphatic heterocycles. The van der Waals surface area contributed by atoms with Crippen molar-refractivity contribution in [2.45, 2.75) is 19.2 Å². The Morgan fingerprint density at radius 2 is 2.06 bits per heavy atom. The molecule has 0 bridgehead atoms. The first-order valence-electron chi connectivity index (χ1n) is 4.85. The van der Waals surface area contributed by atoms with E-state index in [9.17, 15) is 4.79 Å². The van der Waals surface area contributed by atoms with Crippen molar-refractivity contribution in [2.24, 2.45) is 23.0 Å². The summed E-state index contributed by atoms with van der Waals surface area (Å²) in [4.78, 5) is 11.4. The number of primary amides is 1. The molecular formula is C11H12ClN3O. The maximum absolute atomic E-state index is 11.4. The summed E-state index contributed by atoms with van der Waals surface area (Å²) in [7, 11) is 0. The van der Waals surface area contributed by atoms with Crippen LogP contribution in [0.25, 0.3) is 0 Å². The van der Waals surface area contributed by atoms with Gasteiger partial charge in [-0.05, 0) is 6.92 Å². The van der Waals surface area contributed by atoms with Crippen LogP contribution in [-0.4, -0.2) is 11.3 Å². The Kier molecular flexibility index (Phi) is 3.26. The normalized spacial score (nSPS) is 32.1. The van der Waals surface area contributed by atoms with Gasteiger partial charge < -0.3 is 5.73 Å². The summed E-state index contributed by atoms with van der Waals surface area (Å²) in [5.74, 6) is -2.04. The van der Waals surface area contributed by atoms with Gasteiger partial charge in [0.25, 0.3) is 0 Å². The Morgan fingerprint density at radius 1 is 1.56 bits per heavy atom. The average Bonchev–Trinajstić information content (AvgIpc) is 2.22. The molecule has 1 amide bonds. The Morgan fingerprint density at radius 3 is 2.44 bits per heavy atom. The molecule has 0 heterocycles. The first-order chi connectivity index (χ1) is 7.40. The van der Waals surface area contributed by atoms with Crippen LogP contribution in [0.1, 0.15) is 13.8 Å². The molecule has 1 rings (SSSR count). The van der Waals surface area contributed by atoms with E-state index in [-0.39, 0.29) is 5.92 Å². The molecule has 16 heavy (non-hydrogen) atoms. The number of hydrogen-bond acceptors (Lipinski definition) is 3. The molecule has 0 saturated heterocycles. The van der Waals surface area contributed by atoms with Gasteiger partial charge in [-0.2, -0.15) is 10.5 Å². The second-order valence-electron chi connectivity index (χ2n) is 4.07. The number of hydrogen-bond donors (Lipinski definition) is 1. The van der Waals surface area contributed by atoms with Crippen molar-refractivity contribution in [3.8, 4) is 12.1 Å². The van der Waals surface area contributed by atoms with Gasteiger partial charge in [-0.1, -0.05) is 18.6 Å². The third kappa shape index (κ3) is 1.56. The van der Waals surface area contributed by atoms with Crippen molar-refractivity contribution in [1.82, 2.24) is 0 Å². The lowest BCUT2D eigenvalue weighted by Crippen LogP contribution is -2.49. The zero-order valence-electron chi connectivity index (χ0n) is 9.07. The third-order valence-electron chi connectivity index (χ3n) is 3.13. The van der Waals surface area contributed by atoms with E-state index in [0.717, 1.165) is 5.57 Å². The van der Waals surface area contributed by atoms with Crippen LogP contribution in [0.4, 0.5) is 0 Å². The minimum absolute atomic E-state index is 0.366. The highest BCUT2D eigenvalue weighted by atomic mass is 35.5. The van der Waals surface area contributed by atoms with Crippen molar-refractivity contribution < 1.29 is 4.79 Å². The number of amides is 1. The number of rotatable bonds is 1. The van der Waals surface area contributed by atoms with Crippen molar-refractivity contribution in [3.63, 3.8) is 0 Å². The Labute approximate surface area is 99.3 Å². The number of halogens is 1. The summed E-state index contributed by atoms with van der Waals surface area (Å²) >= 11 is 6.06. The molecular weight excluding hydrogens is 226 g/mol. The van der Waals surface area contributed by atoms with Crippen LogP contribution in [0.3, 0.4) is 0 Å².